The minimum Gasteiger partial charge on any atom is -0.459 e. The zero-order chi connectivity index (χ0) is 13.1. The number of amides is 1. The lowest BCUT2D eigenvalue weighted by atomic mass is 10.1. The van der Waals surface area contributed by atoms with Crippen LogP contribution in [0.25, 0.3) is 0 Å². The molecule has 94 valence electrons. The maximum Gasteiger partial charge on any atom is 0.287 e. The van der Waals surface area contributed by atoms with E-state index in [1.54, 1.807) is 6.07 Å². The third-order valence-corrected chi connectivity index (χ3v) is 3.31. The quantitative estimate of drug-likeness (QED) is 0.936. The van der Waals surface area contributed by atoms with Gasteiger partial charge in [-0.05, 0) is 37.6 Å². The van der Waals surface area contributed by atoms with E-state index in [0.29, 0.717) is 5.76 Å². The molecule has 0 aliphatic carbocycles. The van der Waals surface area contributed by atoms with Crippen LogP contribution in [0, 0.1) is 6.92 Å². The predicted octanol–water partition coefficient (Wildman–Crippen LogP) is 3.84. The topological polar surface area (TPSA) is 42.2 Å². The molecular formula is C14H14BrNO2. The van der Waals surface area contributed by atoms with E-state index in [-0.39, 0.29) is 11.9 Å². The molecule has 1 amide bonds. The van der Waals surface area contributed by atoms with E-state index in [2.05, 4.69) is 21.2 Å². The fourth-order valence-corrected chi connectivity index (χ4v) is 1.97. The summed E-state index contributed by atoms with van der Waals surface area (Å²) in [6.07, 6.45) is 1.52. The summed E-state index contributed by atoms with van der Waals surface area (Å²) in [6, 6.07) is 9.58. The van der Waals surface area contributed by atoms with Gasteiger partial charge in [0.2, 0.25) is 0 Å². The van der Waals surface area contributed by atoms with Crippen LogP contribution in [0.4, 0.5) is 0 Å². The molecule has 1 aromatic carbocycles. The van der Waals surface area contributed by atoms with E-state index < -0.39 is 0 Å². The molecule has 1 atom stereocenters. The fourth-order valence-electron chi connectivity index (χ4n) is 1.70. The van der Waals surface area contributed by atoms with Crippen LogP contribution in [0.2, 0.25) is 0 Å². The fraction of sp³-hybridized carbons (Fsp3) is 0.214. The smallest absolute Gasteiger partial charge is 0.287 e. The Bertz CT molecular complexity index is 545. The first kappa shape index (κ1) is 12.9. The van der Waals surface area contributed by atoms with Crippen molar-refractivity contribution < 1.29 is 9.21 Å². The molecule has 4 heteroatoms. The normalized spacial score (nSPS) is 12.2. The molecule has 0 bridgehead atoms. The third-order valence-electron chi connectivity index (χ3n) is 2.79. The molecule has 2 aromatic rings. The van der Waals surface area contributed by atoms with Crippen LogP contribution in [-0.2, 0) is 0 Å². The first-order chi connectivity index (χ1) is 8.58. The highest BCUT2D eigenvalue weighted by molar-refractivity contribution is 9.10. The summed E-state index contributed by atoms with van der Waals surface area (Å²) < 4.78 is 6.18. The van der Waals surface area contributed by atoms with Crippen molar-refractivity contribution in [2.75, 3.05) is 0 Å². The molecule has 0 aliphatic heterocycles. The molecule has 0 aliphatic rings. The average molecular weight is 308 g/mol. The Morgan fingerprint density at radius 3 is 2.50 bits per heavy atom. The average Bonchev–Trinajstić information content (AvgIpc) is 2.76. The second kappa shape index (κ2) is 5.40. The van der Waals surface area contributed by atoms with E-state index in [0.717, 1.165) is 15.6 Å². The minimum absolute atomic E-state index is 0.0601. The lowest BCUT2D eigenvalue weighted by molar-refractivity contribution is 0.0911. The van der Waals surface area contributed by atoms with Gasteiger partial charge in [-0.15, -0.1) is 0 Å². The number of aryl methyl sites for hydroxylation is 1. The van der Waals surface area contributed by atoms with Crippen molar-refractivity contribution in [1.29, 1.82) is 0 Å². The first-order valence-electron chi connectivity index (χ1n) is 5.68. The van der Waals surface area contributed by atoms with Gasteiger partial charge >= 0.3 is 0 Å². The summed E-state index contributed by atoms with van der Waals surface area (Å²) in [5, 5.41) is 2.91. The number of hydrogen-bond acceptors (Lipinski definition) is 2. The molecule has 0 spiro atoms. The Balaban J connectivity index is 2.08. The summed E-state index contributed by atoms with van der Waals surface area (Å²) in [7, 11) is 0. The van der Waals surface area contributed by atoms with Crippen molar-refractivity contribution in [3.8, 4) is 0 Å². The number of hydrogen-bond donors (Lipinski definition) is 1. The van der Waals surface area contributed by atoms with Crippen LogP contribution in [0.5, 0.6) is 0 Å². The van der Waals surface area contributed by atoms with Crippen molar-refractivity contribution in [3.05, 3.63) is 58.0 Å². The second-order valence-electron chi connectivity index (χ2n) is 4.18. The maximum absolute atomic E-state index is 12.0. The molecule has 1 heterocycles. The number of carbonyl (C=O) groups is 1. The van der Waals surface area contributed by atoms with Crippen molar-refractivity contribution in [2.24, 2.45) is 0 Å². The van der Waals surface area contributed by atoms with Gasteiger partial charge < -0.3 is 9.73 Å². The van der Waals surface area contributed by atoms with Gasteiger partial charge in [0.25, 0.3) is 5.91 Å². The summed E-state index contributed by atoms with van der Waals surface area (Å²) in [6.45, 7) is 3.79. The number of furan rings is 1. The summed E-state index contributed by atoms with van der Waals surface area (Å²) in [4.78, 5) is 12.0. The molecule has 2 rings (SSSR count). The molecule has 3 nitrogen and oxygen atoms in total. The molecule has 0 saturated carbocycles. The molecule has 0 radical (unpaired) electrons. The van der Waals surface area contributed by atoms with Crippen LogP contribution in [-0.4, -0.2) is 5.91 Å². The molecule has 1 unspecified atom stereocenters. The molecular weight excluding hydrogens is 294 g/mol. The highest BCUT2D eigenvalue weighted by atomic mass is 79.9. The number of benzene rings is 1. The van der Waals surface area contributed by atoms with Crippen molar-refractivity contribution in [1.82, 2.24) is 5.32 Å². The van der Waals surface area contributed by atoms with Gasteiger partial charge in [-0.2, -0.15) is 0 Å². The second-order valence-corrected chi connectivity index (χ2v) is 5.10. The zero-order valence-electron chi connectivity index (χ0n) is 10.2. The minimum atomic E-state index is -0.187. The lowest BCUT2D eigenvalue weighted by Crippen LogP contribution is -2.26. The molecule has 0 saturated heterocycles. The van der Waals surface area contributed by atoms with Crippen LogP contribution >= 0.6 is 15.9 Å². The maximum atomic E-state index is 12.0. The molecule has 18 heavy (non-hydrogen) atoms. The summed E-state index contributed by atoms with van der Waals surface area (Å²) >= 11 is 3.38. The van der Waals surface area contributed by atoms with E-state index in [1.807, 2.05) is 38.1 Å². The third kappa shape index (κ3) is 2.82. The molecule has 0 fully saturated rings. The predicted molar refractivity (Wildman–Crippen MR) is 73.5 cm³/mol. The summed E-state index contributed by atoms with van der Waals surface area (Å²) in [5.74, 6) is 0.187. The summed E-state index contributed by atoms with van der Waals surface area (Å²) in [5.41, 5.74) is 1.89. The number of nitrogens with one attached hydrogen (secondary N) is 1. The van der Waals surface area contributed by atoms with E-state index >= 15 is 0 Å². The van der Waals surface area contributed by atoms with Crippen LogP contribution < -0.4 is 5.32 Å². The van der Waals surface area contributed by atoms with Gasteiger partial charge in [-0.3, -0.25) is 4.79 Å². The van der Waals surface area contributed by atoms with Crippen LogP contribution in [0.3, 0.4) is 0 Å². The monoisotopic (exact) mass is 307 g/mol. The Morgan fingerprint density at radius 1 is 1.28 bits per heavy atom. The van der Waals surface area contributed by atoms with Gasteiger partial charge in [0.05, 0.1) is 12.3 Å². The van der Waals surface area contributed by atoms with Gasteiger partial charge in [-0.25, -0.2) is 0 Å². The Hall–Kier alpha value is -1.55. The van der Waals surface area contributed by atoms with Gasteiger partial charge in [0.15, 0.2) is 5.76 Å². The number of halogens is 1. The molecule has 1 aromatic heterocycles. The van der Waals surface area contributed by atoms with Crippen molar-refractivity contribution in [2.45, 2.75) is 19.9 Å². The highest BCUT2D eigenvalue weighted by Crippen LogP contribution is 2.17. The van der Waals surface area contributed by atoms with Crippen molar-refractivity contribution >= 4 is 21.8 Å². The number of rotatable bonds is 3. The largest absolute Gasteiger partial charge is 0.459 e. The van der Waals surface area contributed by atoms with Gasteiger partial charge in [-0.1, -0.05) is 28.1 Å². The van der Waals surface area contributed by atoms with Gasteiger partial charge in [0, 0.05) is 10.0 Å². The Labute approximate surface area is 114 Å². The SMILES string of the molecule is Cc1ccoc1C(=O)NC(C)c1ccc(Br)cc1. The number of carbonyl (C=O) groups excluding carboxylic acids is 1. The highest BCUT2D eigenvalue weighted by Gasteiger charge is 2.15. The Morgan fingerprint density at radius 2 is 1.94 bits per heavy atom. The van der Waals surface area contributed by atoms with E-state index in [1.165, 1.54) is 6.26 Å². The zero-order valence-corrected chi connectivity index (χ0v) is 11.8. The van der Waals surface area contributed by atoms with E-state index in [4.69, 9.17) is 4.42 Å². The van der Waals surface area contributed by atoms with Gasteiger partial charge in [0.1, 0.15) is 0 Å². The standard InChI is InChI=1S/C14H14BrNO2/c1-9-7-8-18-13(9)14(17)16-10(2)11-3-5-12(15)6-4-11/h3-8,10H,1-2H3,(H,16,17). The van der Waals surface area contributed by atoms with E-state index in [9.17, 15) is 4.79 Å². The first-order valence-corrected chi connectivity index (χ1v) is 6.47. The van der Waals surface area contributed by atoms with Crippen LogP contribution in [0.15, 0.2) is 45.5 Å². The van der Waals surface area contributed by atoms with Crippen LogP contribution in [0.1, 0.15) is 34.6 Å². The molecule has 1 N–H and O–H groups in total. The Kier molecular flexibility index (Phi) is 3.87. The lowest BCUT2D eigenvalue weighted by Gasteiger charge is -2.13. The van der Waals surface area contributed by atoms with Crippen molar-refractivity contribution in [3.63, 3.8) is 0 Å².